The van der Waals surface area contributed by atoms with E-state index in [9.17, 15) is 0 Å². The Labute approximate surface area is 126 Å². The van der Waals surface area contributed by atoms with Crippen molar-refractivity contribution in [1.29, 1.82) is 0 Å². The molecular formula is C15H17BrN2O2. The molecule has 1 aliphatic heterocycles. The van der Waals surface area contributed by atoms with Crippen LogP contribution in [0.2, 0.25) is 0 Å². The third-order valence-corrected chi connectivity index (χ3v) is 4.27. The molecule has 2 heterocycles. The van der Waals surface area contributed by atoms with Crippen LogP contribution in [0.3, 0.4) is 0 Å². The van der Waals surface area contributed by atoms with E-state index >= 15 is 0 Å². The van der Waals surface area contributed by atoms with E-state index in [0.717, 1.165) is 29.9 Å². The van der Waals surface area contributed by atoms with Crippen LogP contribution in [0.25, 0.3) is 0 Å². The Kier molecular flexibility index (Phi) is 4.19. The molecule has 2 unspecified atom stereocenters. The molecule has 2 aromatic rings. The summed E-state index contributed by atoms with van der Waals surface area (Å²) in [6, 6.07) is 10.6. The zero-order valence-electron chi connectivity index (χ0n) is 11.3. The zero-order valence-corrected chi connectivity index (χ0v) is 12.9. The molecule has 1 aromatic carbocycles. The quantitative estimate of drug-likeness (QED) is 0.861. The van der Waals surface area contributed by atoms with E-state index < -0.39 is 0 Å². The van der Waals surface area contributed by atoms with E-state index in [1.54, 1.807) is 6.26 Å². The van der Waals surface area contributed by atoms with Crippen molar-refractivity contribution in [2.75, 3.05) is 13.2 Å². The van der Waals surface area contributed by atoms with Gasteiger partial charge in [0.05, 0.1) is 18.4 Å². The number of hydrogen-bond donors (Lipinski definition) is 0. The lowest BCUT2D eigenvalue weighted by atomic mass is 10.0. The van der Waals surface area contributed by atoms with Crippen LogP contribution in [0.1, 0.15) is 24.3 Å². The van der Waals surface area contributed by atoms with Crippen LogP contribution in [-0.2, 0) is 11.3 Å². The lowest BCUT2D eigenvalue weighted by molar-refractivity contribution is -0.0708. The van der Waals surface area contributed by atoms with Gasteiger partial charge in [-0.3, -0.25) is 4.90 Å². The lowest BCUT2D eigenvalue weighted by Gasteiger charge is -2.39. The zero-order chi connectivity index (χ0) is 13.9. The van der Waals surface area contributed by atoms with Gasteiger partial charge in [0.1, 0.15) is 6.26 Å². The van der Waals surface area contributed by atoms with Gasteiger partial charge in [0.25, 0.3) is 0 Å². The standard InChI is InChI=1S/C15H17BrN2O2/c1-11-15(12-2-4-13(16)5-3-12)19-9-7-18(11)10-14-6-8-20-17-14/h2-6,8,11,15H,7,9-10H2,1H3. The van der Waals surface area contributed by atoms with Gasteiger partial charge in [-0.05, 0) is 24.6 Å². The topological polar surface area (TPSA) is 38.5 Å². The summed E-state index contributed by atoms with van der Waals surface area (Å²) < 4.78 is 12.0. The van der Waals surface area contributed by atoms with Crippen molar-refractivity contribution in [3.05, 3.63) is 52.3 Å². The molecule has 20 heavy (non-hydrogen) atoms. The largest absolute Gasteiger partial charge is 0.371 e. The Morgan fingerprint density at radius 1 is 1.30 bits per heavy atom. The highest BCUT2D eigenvalue weighted by atomic mass is 79.9. The molecule has 1 aromatic heterocycles. The van der Waals surface area contributed by atoms with Gasteiger partial charge >= 0.3 is 0 Å². The summed E-state index contributed by atoms with van der Waals surface area (Å²) in [5, 5.41) is 3.99. The second kappa shape index (κ2) is 6.08. The predicted molar refractivity (Wildman–Crippen MR) is 79.2 cm³/mol. The molecule has 0 aliphatic carbocycles. The average molecular weight is 337 g/mol. The highest BCUT2D eigenvalue weighted by molar-refractivity contribution is 9.10. The molecule has 5 heteroatoms. The minimum absolute atomic E-state index is 0.101. The number of benzene rings is 1. The maximum Gasteiger partial charge on any atom is 0.124 e. The fraction of sp³-hybridized carbons (Fsp3) is 0.400. The molecule has 0 radical (unpaired) electrons. The van der Waals surface area contributed by atoms with Crippen LogP contribution in [0.5, 0.6) is 0 Å². The van der Waals surface area contributed by atoms with Crippen LogP contribution in [0, 0.1) is 0 Å². The average Bonchev–Trinajstić information content (AvgIpc) is 2.95. The Hall–Kier alpha value is -1.17. The van der Waals surface area contributed by atoms with Crippen LogP contribution in [-0.4, -0.2) is 29.3 Å². The third-order valence-electron chi connectivity index (χ3n) is 3.74. The van der Waals surface area contributed by atoms with Gasteiger partial charge in [0.2, 0.25) is 0 Å². The monoisotopic (exact) mass is 336 g/mol. The molecule has 0 saturated carbocycles. The first-order chi connectivity index (χ1) is 9.74. The van der Waals surface area contributed by atoms with Gasteiger partial charge in [-0.2, -0.15) is 0 Å². The molecular weight excluding hydrogens is 320 g/mol. The van der Waals surface area contributed by atoms with Crippen LogP contribution >= 0.6 is 15.9 Å². The smallest absolute Gasteiger partial charge is 0.124 e. The molecule has 1 aliphatic rings. The van der Waals surface area contributed by atoms with E-state index in [0.29, 0.717) is 6.04 Å². The summed E-state index contributed by atoms with van der Waals surface area (Å²) in [6.07, 6.45) is 1.72. The van der Waals surface area contributed by atoms with Gasteiger partial charge in [-0.1, -0.05) is 33.2 Å². The van der Waals surface area contributed by atoms with E-state index in [4.69, 9.17) is 9.26 Å². The number of hydrogen-bond acceptors (Lipinski definition) is 4. The number of rotatable bonds is 3. The van der Waals surface area contributed by atoms with E-state index in [1.807, 2.05) is 6.07 Å². The van der Waals surface area contributed by atoms with Crippen LogP contribution in [0.15, 0.2) is 45.6 Å². The number of halogens is 1. The first-order valence-corrected chi connectivity index (χ1v) is 7.54. The molecule has 0 bridgehead atoms. The summed E-state index contributed by atoms with van der Waals surface area (Å²) in [5.74, 6) is 0. The summed E-state index contributed by atoms with van der Waals surface area (Å²) in [5.41, 5.74) is 2.18. The summed E-state index contributed by atoms with van der Waals surface area (Å²) >= 11 is 3.47. The van der Waals surface area contributed by atoms with Crippen molar-refractivity contribution < 1.29 is 9.26 Å². The first-order valence-electron chi connectivity index (χ1n) is 6.74. The summed E-state index contributed by atoms with van der Waals surface area (Å²) in [6.45, 7) is 4.66. The lowest BCUT2D eigenvalue weighted by Crippen LogP contribution is -2.44. The minimum atomic E-state index is 0.101. The fourth-order valence-electron chi connectivity index (χ4n) is 2.61. The highest BCUT2D eigenvalue weighted by Gasteiger charge is 2.30. The second-order valence-corrected chi connectivity index (χ2v) is 5.96. The molecule has 1 fully saturated rings. The van der Waals surface area contributed by atoms with Gasteiger partial charge in [-0.15, -0.1) is 0 Å². The van der Waals surface area contributed by atoms with Crippen LogP contribution < -0.4 is 0 Å². The highest BCUT2D eigenvalue weighted by Crippen LogP contribution is 2.29. The molecule has 3 rings (SSSR count). The molecule has 0 amide bonds. The molecule has 2 atom stereocenters. The summed E-state index contributed by atoms with van der Waals surface area (Å²) in [7, 11) is 0. The van der Waals surface area contributed by atoms with Crippen molar-refractivity contribution in [3.63, 3.8) is 0 Å². The van der Waals surface area contributed by atoms with Gasteiger partial charge < -0.3 is 9.26 Å². The second-order valence-electron chi connectivity index (χ2n) is 5.04. The maximum atomic E-state index is 5.96. The van der Waals surface area contributed by atoms with Crippen molar-refractivity contribution in [3.8, 4) is 0 Å². The number of morpholine rings is 1. The van der Waals surface area contributed by atoms with Gasteiger partial charge in [0, 0.05) is 29.7 Å². The minimum Gasteiger partial charge on any atom is -0.371 e. The number of aromatic nitrogens is 1. The molecule has 0 spiro atoms. The van der Waals surface area contributed by atoms with Crippen molar-refractivity contribution in [1.82, 2.24) is 10.1 Å². The van der Waals surface area contributed by atoms with Crippen molar-refractivity contribution in [2.45, 2.75) is 25.6 Å². The number of ether oxygens (including phenoxy) is 1. The van der Waals surface area contributed by atoms with Crippen LogP contribution in [0.4, 0.5) is 0 Å². The normalized spacial score (nSPS) is 23.9. The Morgan fingerprint density at radius 2 is 2.10 bits per heavy atom. The number of nitrogens with zero attached hydrogens (tertiary/aromatic N) is 2. The Bertz CT molecular complexity index is 542. The van der Waals surface area contributed by atoms with Gasteiger partial charge in [-0.25, -0.2) is 0 Å². The predicted octanol–water partition coefficient (Wildman–Crippen LogP) is 3.40. The van der Waals surface area contributed by atoms with E-state index in [2.05, 4.69) is 57.2 Å². The van der Waals surface area contributed by atoms with E-state index in [-0.39, 0.29) is 6.10 Å². The Morgan fingerprint density at radius 3 is 2.80 bits per heavy atom. The van der Waals surface area contributed by atoms with E-state index in [1.165, 1.54) is 5.56 Å². The Balaban J connectivity index is 1.74. The molecule has 0 N–H and O–H groups in total. The SMILES string of the molecule is CC1C(c2ccc(Br)cc2)OCCN1Cc1ccon1. The maximum absolute atomic E-state index is 5.96. The molecule has 106 valence electrons. The fourth-order valence-corrected chi connectivity index (χ4v) is 2.87. The summed E-state index contributed by atoms with van der Waals surface area (Å²) in [4.78, 5) is 2.38. The van der Waals surface area contributed by atoms with Gasteiger partial charge in [0.15, 0.2) is 0 Å². The van der Waals surface area contributed by atoms with Crippen molar-refractivity contribution in [2.24, 2.45) is 0 Å². The first kappa shape index (κ1) is 13.8. The van der Waals surface area contributed by atoms with Crippen molar-refractivity contribution >= 4 is 15.9 Å². The molecule has 1 saturated heterocycles. The molecule has 4 nitrogen and oxygen atoms in total. The third kappa shape index (κ3) is 2.95.